The lowest BCUT2D eigenvalue weighted by molar-refractivity contribution is -0.883. The number of anilines is 1. The Morgan fingerprint density at radius 3 is 2.76 bits per heavy atom. The van der Waals surface area contributed by atoms with Crippen molar-refractivity contribution in [1.82, 2.24) is 9.88 Å². The lowest BCUT2D eigenvalue weighted by Crippen LogP contribution is -3.12. The molecule has 7 heteroatoms. The fourth-order valence-corrected chi connectivity index (χ4v) is 7.45. The summed E-state index contributed by atoms with van der Waals surface area (Å²) in [6.07, 6.45) is 2.54. The summed E-state index contributed by atoms with van der Waals surface area (Å²) in [5.74, 6) is 0.534. The number of aliphatic hydroxyl groups excluding tert-OH is 1. The van der Waals surface area contributed by atoms with Crippen LogP contribution in [-0.2, 0) is 11.2 Å². The number of thiazole rings is 1. The maximum atomic E-state index is 13.2. The van der Waals surface area contributed by atoms with Crippen molar-refractivity contribution in [3.8, 4) is 0 Å². The zero-order valence-corrected chi connectivity index (χ0v) is 19.3. The topological polar surface area (TPSA) is 69.9 Å². The molecule has 1 aromatic rings. The molecule has 1 aliphatic heterocycles. The molecule has 0 aromatic carbocycles. The number of piperazine rings is 1. The molecule has 0 bridgehead atoms. The molecular formula is C22H37N4O2S+. The molecule has 3 N–H and O–H groups in total. The van der Waals surface area contributed by atoms with Gasteiger partial charge in [0.15, 0.2) is 5.13 Å². The molecular weight excluding hydrogens is 384 g/mol. The molecule has 2 aliphatic carbocycles. The molecule has 6 nitrogen and oxygen atoms in total. The minimum Gasteiger partial charge on any atom is -0.392 e. The zero-order chi connectivity index (χ0) is 20.9. The Kier molecular flexibility index (Phi) is 5.68. The monoisotopic (exact) mass is 421 g/mol. The number of nitrogens with zero attached hydrogens (tertiary/aromatic N) is 2. The number of hydrogen-bond donors (Lipinski definition) is 3. The van der Waals surface area contributed by atoms with Crippen molar-refractivity contribution >= 4 is 22.4 Å². The van der Waals surface area contributed by atoms with Crippen LogP contribution in [0.1, 0.15) is 50.1 Å². The highest BCUT2D eigenvalue weighted by Gasteiger charge is 2.54. The highest BCUT2D eigenvalue weighted by Crippen LogP contribution is 2.57. The van der Waals surface area contributed by atoms with Crippen molar-refractivity contribution in [3.05, 3.63) is 10.6 Å². The maximum Gasteiger partial charge on any atom is 0.226 e. The Hall–Kier alpha value is -1.18. The highest BCUT2D eigenvalue weighted by molar-refractivity contribution is 7.15. The number of nitrogens with one attached hydrogen (secondary N) is 2. The van der Waals surface area contributed by atoms with Crippen LogP contribution in [0.15, 0.2) is 0 Å². The van der Waals surface area contributed by atoms with E-state index in [0.29, 0.717) is 0 Å². The summed E-state index contributed by atoms with van der Waals surface area (Å²) >= 11 is 1.76. The van der Waals surface area contributed by atoms with E-state index < -0.39 is 6.10 Å². The van der Waals surface area contributed by atoms with Gasteiger partial charge >= 0.3 is 0 Å². The molecule has 1 amide bonds. The Morgan fingerprint density at radius 2 is 2.10 bits per heavy atom. The van der Waals surface area contributed by atoms with Crippen molar-refractivity contribution < 1.29 is 14.8 Å². The van der Waals surface area contributed by atoms with Crippen LogP contribution < -0.4 is 10.2 Å². The summed E-state index contributed by atoms with van der Waals surface area (Å²) in [5, 5.41) is 15.7. The Bertz CT molecular complexity index is 760. The van der Waals surface area contributed by atoms with E-state index in [4.69, 9.17) is 4.98 Å². The summed E-state index contributed by atoms with van der Waals surface area (Å²) in [5.41, 5.74) is 1.24. The number of rotatable bonds is 3. The van der Waals surface area contributed by atoms with Crippen LogP contribution in [0.3, 0.4) is 0 Å². The maximum absolute atomic E-state index is 13.2. The molecule has 0 unspecified atom stereocenters. The van der Waals surface area contributed by atoms with Crippen molar-refractivity contribution in [2.75, 3.05) is 45.6 Å². The molecule has 4 rings (SSSR count). The molecule has 162 valence electrons. The normalized spacial score (nSPS) is 36.3. The van der Waals surface area contributed by atoms with Crippen LogP contribution in [-0.4, -0.2) is 67.3 Å². The van der Waals surface area contributed by atoms with E-state index in [9.17, 15) is 9.90 Å². The second-order valence-electron chi connectivity index (χ2n) is 9.99. The van der Waals surface area contributed by atoms with Gasteiger partial charge in [0.25, 0.3) is 0 Å². The van der Waals surface area contributed by atoms with Gasteiger partial charge in [-0.2, -0.15) is 0 Å². The first kappa shape index (κ1) is 21.1. The van der Waals surface area contributed by atoms with E-state index in [1.807, 2.05) is 18.9 Å². The number of quaternary nitrogens is 1. The summed E-state index contributed by atoms with van der Waals surface area (Å²) in [6.45, 7) is 10.3. The standard InChI is InChI=1S/C22H36N4O2S/c1-13(20(28)26-10-8-25(5)9-11-26)15-6-7-22(3)12-16-18(24-21(23-4)29-16)14(2)17(22)19(15)27/h13-15,17,19,27H,6-12H2,1-5H3,(H,23,24)/p+1/t13-,14-,15-,17+,19-,22-/m0/s1. The van der Waals surface area contributed by atoms with Gasteiger partial charge in [-0.25, -0.2) is 4.98 Å². The van der Waals surface area contributed by atoms with Gasteiger partial charge in [-0.3, -0.25) is 4.79 Å². The first-order valence-corrected chi connectivity index (χ1v) is 12.0. The predicted octanol–water partition coefficient (Wildman–Crippen LogP) is 1.23. The van der Waals surface area contributed by atoms with Crippen molar-refractivity contribution in [3.63, 3.8) is 0 Å². The van der Waals surface area contributed by atoms with Gasteiger partial charge in [-0.05, 0) is 36.5 Å². The first-order valence-electron chi connectivity index (χ1n) is 11.2. The SMILES string of the molecule is CNc1nc2c(s1)C[C@]1(C)CC[C@@H]([C@H](C)C(=O)N3CC[NH+](C)CC3)[C@H](O)[C@H]1[C@@H]2C. The first-order chi connectivity index (χ1) is 13.7. The van der Waals surface area contributed by atoms with Gasteiger partial charge in [0.05, 0.1) is 45.0 Å². The Labute approximate surface area is 178 Å². The smallest absolute Gasteiger partial charge is 0.226 e. The minimum absolute atomic E-state index is 0.0407. The molecule has 1 saturated carbocycles. The lowest BCUT2D eigenvalue weighted by atomic mass is 9.53. The van der Waals surface area contributed by atoms with E-state index in [1.54, 1.807) is 11.3 Å². The van der Waals surface area contributed by atoms with E-state index in [1.165, 1.54) is 9.78 Å². The number of amides is 1. The Balaban J connectivity index is 1.53. The average molecular weight is 422 g/mol. The number of carbonyl (C=O) groups excluding carboxylic acids is 1. The van der Waals surface area contributed by atoms with Crippen molar-refractivity contribution in [2.45, 2.75) is 52.1 Å². The second kappa shape index (κ2) is 7.82. The molecule has 2 heterocycles. The van der Waals surface area contributed by atoms with E-state index >= 15 is 0 Å². The van der Waals surface area contributed by atoms with Crippen LogP contribution in [0.2, 0.25) is 0 Å². The fraction of sp³-hybridized carbons (Fsp3) is 0.818. The molecule has 2 fully saturated rings. The van der Waals surface area contributed by atoms with Crippen molar-refractivity contribution in [2.24, 2.45) is 23.2 Å². The van der Waals surface area contributed by atoms with Crippen LogP contribution in [0.25, 0.3) is 0 Å². The number of carbonyl (C=O) groups is 1. The lowest BCUT2D eigenvalue weighted by Gasteiger charge is -2.53. The van der Waals surface area contributed by atoms with Gasteiger partial charge in [-0.1, -0.05) is 20.8 Å². The third kappa shape index (κ3) is 3.59. The van der Waals surface area contributed by atoms with Crippen LogP contribution >= 0.6 is 11.3 Å². The van der Waals surface area contributed by atoms with Crippen LogP contribution in [0.4, 0.5) is 5.13 Å². The van der Waals surface area contributed by atoms with E-state index in [2.05, 4.69) is 26.2 Å². The number of aromatic nitrogens is 1. The van der Waals surface area contributed by atoms with Crippen LogP contribution in [0.5, 0.6) is 0 Å². The number of likely N-dealkylation sites (N-methyl/N-ethyl adjacent to an activating group) is 1. The second-order valence-corrected chi connectivity index (χ2v) is 11.1. The molecule has 29 heavy (non-hydrogen) atoms. The van der Waals surface area contributed by atoms with Crippen LogP contribution in [0, 0.1) is 23.2 Å². The van der Waals surface area contributed by atoms with Gasteiger partial charge < -0.3 is 20.2 Å². The van der Waals surface area contributed by atoms with Gasteiger partial charge in [0, 0.05) is 23.8 Å². The predicted molar refractivity (Wildman–Crippen MR) is 116 cm³/mol. The number of aliphatic hydroxyl groups is 1. The molecule has 1 saturated heterocycles. The van der Waals surface area contributed by atoms with E-state index in [0.717, 1.165) is 56.3 Å². The summed E-state index contributed by atoms with van der Waals surface area (Å²) in [4.78, 5) is 22.9. The molecule has 6 atom stereocenters. The van der Waals surface area contributed by atoms with Gasteiger partial charge in [0.1, 0.15) is 0 Å². The number of hydrogen-bond acceptors (Lipinski definition) is 5. The summed E-state index contributed by atoms with van der Waals surface area (Å²) in [6, 6.07) is 0. The zero-order valence-electron chi connectivity index (χ0n) is 18.5. The number of fused-ring (bicyclic) bond motifs is 2. The molecule has 0 spiro atoms. The summed E-state index contributed by atoms with van der Waals surface area (Å²) in [7, 11) is 4.11. The molecule has 0 radical (unpaired) electrons. The van der Waals surface area contributed by atoms with Gasteiger partial charge in [-0.15, -0.1) is 11.3 Å². The summed E-state index contributed by atoms with van der Waals surface area (Å²) < 4.78 is 0. The fourth-order valence-electron chi connectivity index (χ4n) is 6.23. The van der Waals surface area contributed by atoms with E-state index in [-0.39, 0.29) is 35.0 Å². The minimum atomic E-state index is -0.450. The average Bonchev–Trinajstić information content (AvgIpc) is 3.10. The highest BCUT2D eigenvalue weighted by atomic mass is 32.1. The largest absolute Gasteiger partial charge is 0.392 e. The van der Waals surface area contributed by atoms with Gasteiger partial charge in [0.2, 0.25) is 5.91 Å². The molecule has 3 aliphatic rings. The Morgan fingerprint density at radius 1 is 1.41 bits per heavy atom. The quantitative estimate of drug-likeness (QED) is 0.687. The van der Waals surface area contributed by atoms with Crippen molar-refractivity contribution in [1.29, 1.82) is 0 Å². The third-order valence-electron chi connectivity index (χ3n) is 8.10. The third-order valence-corrected chi connectivity index (χ3v) is 9.18. The molecule has 1 aromatic heterocycles.